The van der Waals surface area contributed by atoms with Crippen LogP contribution >= 0.6 is 0 Å². The molecule has 3 N–H and O–H groups in total. The second-order valence-electron chi connectivity index (χ2n) is 3.32. The van der Waals surface area contributed by atoms with Gasteiger partial charge < -0.3 is 5.32 Å². The maximum atomic E-state index is 11.5. The summed E-state index contributed by atoms with van der Waals surface area (Å²) >= 11 is 0. The number of rotatable bonds is 3. The zero-order chi connectivity index (χ0) is 10.7. The van der Waals surface area contributed by atoms with Gasteiger partial charge in [-0.25, -0.2) is 10.7 Å². The highest BCUT2D eigenvalue weighted by Crippen LogP contribution is 2.22. The molecule has 0 aromatic heterocycles. The lowest BCUT2D eigenvalue weighted by Gasteiger charge is -2.17. The quantitative estimate of drug-likeness (QED) is 0.713. The van der Waals surface area contributed by atoms with Gasteiger partial charge in [-0.3, -0.25) is 9.74 Å². The molecule has 80 valence electrons. The molecule has 1 heterocycles. The van der Waals surface area contributed by atoms with Crippen LogP contribution in [0.1, 0.15) is 5.56 Å². The van der Waals surface area contributed by atoms with E-state index in [2.05, 4.69) is 10.2 Å². The van der Waals surface area contributed by atoms with Gasteiger partial charge in [0.15, 0.2) is 0 Å². The summed E-state index contributed by atoms with van der Waals surface area (Å²) in [5.74, 6) is 5.04. The van der Waals surface area contributed by atoms with Crippen LogP contribution in [0.2, 0.25) is 0 Å². The van der Waals surface area contributed by atoms with Crippen molar-refractivity contribution < 1.29 is 9.63 Å². The van der Waals surface area contributed by atoms with E-state index in [0.29, 0.717) is 19.7 Å². The smallest absolute Gasteiger partial charge is 0.322 e. The van der Waals surface area contributed by atoms with Crippen molar-refractivity contribution in [2.75, 3.05) is 18.0 Å². The molecule has 0 saturated carbocycles. The first-order valence-electron chi connectivity index (χ1n) is 4.78. The van der Waals surface area contributed by atoms with Gasteiger partial charge >= 0.3 is 6.03 Å². The molecule has 2 rings (SSSR count). The first kappa shape index (κ1) is 9.95. The van der Waals surface area contributed by atoms with Crippen LogP contribution in [0.15, 0.2) is 24.3 Å². The standard InChI is InChI=1S/C10H13N3O2/c11-15-7-8-3-1-2-4-9(8)13-6-5-12-10(13)14/h1-4H,5-7,11H2,(H,12,14). The summed E-state index contributed by atoms with van der Waals surface area (Å²) in [4.78, 5) is 17.8. The number of hydrogen-bond acceptors (Lipinski definition) is 3. The number of nitrogens with zero attached hydrogens (tertiary/aromatic N) is 1. The van der Waals surface area contributed by atoms with Gasteiger partial charge in [0.05, 0.1) is 12.3 Å². The number of anilines is 1. The highest BCUT2D eigenvalue weighted by molar-refractivity contribution is 5.94. The van der Waals surface area contributed by atoms with Gasteiger partial charge in [-0.2, -0.15) is 0 Å². The lowest BCUT2D eigenvalue weighted by molar-refractivity contribution is 0.124. The number of carbonyl (C=O) groups is 1. The van der Waals surface area contributed by atoms with Gasteiger partial charge in [0.2, 0.25) is 0 Å². The summed E-state index contributed by atoms with van der Waals surface area (Å²) in [6.07, 6.45) is 0. The maximum Gasteiger partial charge on any atom is 0.322 e. The fourth-order valence-corrected chi connectivity index (χ4v) is 1.69. The van der Waals surface area contributed by atoms with Crippen LogP contribution in [0.5, 0.6) is 0 Å². The third kappa shape index (κ3) is 1.93. The van der Waals surface area contributed by atoms with Crippen molar-refractivity contribution in [3.05, 3.63) is 29.8 Å². The minimum absolute atomic E-state index is 0.0699. The van der Waals surface area contributed by atoms with Crippen LogP contribution < -0.4 is 16.1 Å². The third-order valence-corrected chi connectivity index (χ3v) is 2.38. The molecule has 1 aromatic carbocycles. The minimum atomic E-state index is -0.0699. The lowest BCUT2D eigenvalue weighted by Crippen LogP contribution is -2.28. The second-order valence-corrected chi connectivity index (χ2v) is 3.32. The van der Waals surface area contributed by atoms with E-state index in [-0.39, 0.29) is 6.03 Å². The van der Waals surface area contributed by atoms with Gasteiger partial charge in [-0.1, -0.05) is 18.2 Å². The number of carbonyl (C=O) groups excluding carboxylic acids is 1. The predicted octanol–water partition coefficient (Wildman–Crippen LogP) is 0.606. The third-order valence-electron chi connectivity index (χ3n) is 2.38. The molecule has 5 nitrogen and oxygen atoms in total. The number of nitrogens with two attached hydrogens (primary N) is 1. The van der Waals surface area contributed by atoms with Gasteiger partial charge in [0.1, 0.15) is 0 Å². The normalized spacial score (nSPS) is 15.5. The van der Waals surface area contributed by atoms with Crippen molar-refractivity contribution in [3.63, 3.8) is 0 Å². The number of hydrogen-bond donors (Lipinski definition) is 2. The topological polar surface area (TPSA) is 67.6 Å². The fraction of sp³-hybridized carbons (Fsp3) is 0.300. The molecular formula is C10H13N3O2. The highest BCUT2D eigenvalue weighted by Gasteiger charge is 2.22. The zero-order valence-corrected chi connectivity index (χ0v) is 8.27. The Morgan fingerprint density at radius 3 is 2.93 bits per heavy atom. The van der Waals surface area contributed by atoms with E-state index in [1.165, 1.54) is 0 Å². The molecule has 1 fully saturated rings. The monoisotopic (exact) mass is 207 g/mol. The molecule has 0 aliphatic carbocycles. The first-order chi connectivity index (χ1) is 7.33. The van der Waals surface area contributed by atoms with Crippen molar-refractivity contribution >= 4 is 11.7 Å². The van der Waals surface area contributed by atoms with Crippen LogP contribution in [-0.2, 0) is 11.4 Å². The van der Waals surface area contributed by atoms with E-state index in [4.69, 9.17) is 5.90 Å². The number of amides is 2. The minimum Gasteiger partial charge on any atom is -0.336 e. The Morgan fingerprint density at radius 2 is 2.27 bits per heavy atom. The van der Waals surface area contributed by atoms with E-state index in [1.54, 1.807) is 4.90 Å². The molecule has 1 aromatic rings. The number of urea groups is 1. The van der Waals surface area contributed by atoms with E-state index in [0.717, 1.165) is 11.3 Å². The largest absolute Gasteiger partial charge is 0.336 e. The molecule has 1 aliphatic rings. The van der Waals surface area contributed by atoms with Crippen LogP contribution in [0, 0.1) is 0 Å². The lowest BCUT2D eigenvalue weighted by atomic mass is 10.2. The highest BCUT2D eigenvalue weighted by atomic mass is 16.6. The zero-order valence-electron chi connectivity index (χ0n) is 8.27. The van der Waals surface area contributed by atoms with Crippen molar-refractivity contribution in [2.45, 2.75) is 6.61 Å². The average molecular weight is 207 g/mol. The fourth-order valence-electron chi connectivity index (χ4n) is 1.69. The van der Waals surface area contributed by atoms with E-state index in [1.807, 2.05) is 24.3 Å². The molecule has 1 saturated heterocycles. The Hall–Kier alpha value is -1.59. The molecule has 0 unspecified atom stereocenters. The molecule has 0 atom stereocenters. The Morgan fingerprint density at radius 1 is 1.47 bits per heavy atom. The molecule has 0 radical (unpaired) electrons. The van der Waals surface area contributed by atoms with Crippen molar-refractivity contribution in [3.8, 4) is 0 Å². The maximum absolute atomic E-state index is 11.5. The SMILES string of the molecule is NOCc1ccccc1N1CCNC1=O. The summed E-state index contributed by atoms with van der Waals surface area (Å²) in [6, 6.07) is 7.50. The second kappa shape index (κ2) is 4.29. The molecule has 15 heavy (non-hydrogen) atoms. The first-order valence-corrected chi connectivity index (χ1v) is 4.78. The molecule has 2 amide bonds. The van der Waals surface area contributed by atoms with Crippen LogP contribution in [-0.4, -0.2) is 19.1 Å². The van der Waals surface area contributed by atoms with Gasteiger partial charge in [-0.15, -0.1) is 0 Å². The van der Waals surface area contributed by atoms with Gasteiger partial charge in [0, 0.05) is 18.7 Å². The summed E-state index contributed by atoms with van der Waals surface area (Å²) in [7, 11) is 0. The summed E-state index contributed by atoms with van der Waals surface area (Å²) in [5, 5.41) is 2.75. The Balaban J connectivity index is 2.29. The number of benzene rings is 1. The number of nitrogens with one attached hydrogen (secondary N) is 1. The summed E-state index contributed by atoms with van der Waals surface area (Å²) in [6.45, 7) is 1.66. The van der Waals surface area contributed by atoms with E-state index in [9.17, 15) is 4.79 Å². The molecule has 5 heteroatoms. The van der Waals surface area contributed by atoms with Crippen molar-refractivity contribution in [1.82, 2.24) is 5.32 Å². The molecular weight excluding hydrogens is 194 g/mol. The summed E-state index contributed by atoms with van der Waals surface area (Å²) in [5.41, 5.74) is 1.77. The van der Waals surface area contributed by atoms with Crippen LogP contribution in [0.3, 0.4) is 0 Å². The Bertz CT molecular complexity index is 367. The van der Waals surface area contributed by atoms with Crippen molar-refractivity contribution in [2.24, 2.45) is 5.90 Å². The van der Waals surface area contributed by atoms with E-state index >= 15 is 0 Å². The van der Waals surface area contributed by atoms with Crippen molar-refractivity contribution in [1.29, 1.82) is 0 Å². The average Bonchev–Trinajstić information content (AvgIpc) is 2.66. The molecule has 1 aliphatic heterocycles. The predicted molar refractivity (Wildman–Crippen MR) is 56.2 cm³/mol. The van der Waals surface area contributed by atoms with Gasteiger partial charge in [0.25, 0.3) is 0 Å². The Labute approximate surface area is 87.8 Å². The molecule has 0 spiro atoms. The Kier molecular flexibility index (Phi) is 2.84. The van der Waals surface area contributed by atoms with Crippen LogP contribution in [0.4, 0.5) is 10.5 Å². The summed E-state index contributed by atoms with van der Waals surface area (Å²) < 4.78 is 0. The number of para-hydroxylation sites is 1. The van der Waals surface area contributed by atoms with E-state index < -0.39 is 0 Å². The van der Waals surface area contributed by atoms with Gasteiger partial charge in [-0.05, 0) is 6.07 Å². The van der Waals surface area contributed by atoms with Crippen LogP contribution in [0.25, 0.3) is 0 Å². The molecule has 0 bridgehead atoms.